The van der Waals surface area contributed by atoms with Crippen molar-refractivity contribution in [3.8, 4) is 11.3 Å². The normalized spacial score (nSPS) is 15.2. The summed E-state index contributed by atoms with van der Waals surface area (Å²) < 4.78 is 5.45. The van der Waals surface area contributed by atoms with E-state index in [0.29, 0.717) is 25.6 Å². The second kappa shape index (κ2) is 7.99. The molecular formula is C18H13ClN2O3S2. The number of nitrogens with one attached hydrogen (secondary N) is 1. The first-order valence-electron chi connectivity index (χ1n) is 7.67. The Morgan fingerprint density at radius 2 is 2.04 bits per heavy atom. The van der Waals surface area contributed by atoms with Gasteiger partial charge in [0.1, 0.15) is 4.32 Å². The van der Waals surface area contributed by atoms with E-state index in [0.717, 1.165) is 17.3 Å². The Balaban J connectivity index is 2.08. The number of esters is 1. The molecule has 1 aliphatic heterocycles. The highest BCUT2D eigenvalue weighted by Gasteiger charge is 2.24. The number of amides is 1. The monoisotopic (exact) mass is 404 g/mol. The number of thioether (sulfide) groups is 1. The number of carbonyl (C=O) groups is 2. The molecule has 0 radical (unpaired) electrons. The first-order chi connectivity index (χ1) is 12.5. The second-order valence-electron chi connectivity index (χ2n) is 5.21. The van der Waals surface area contributed by atoms with Crippen LogP contribution in [0.4, 0.5) is 0 Å². The van der Waals surface area contributed by atoms with Gasteiger partial charge in [0.15, 0.2) is 0 Å². The van der Waals surface area contributed by atoms with Crippen molar-refractivity contribution < 1.29 is 14.3 Å². The Labute approximate surface area is 164 Å². The zero-order valence-corrected chi connectivity index (χ0v) is 16.0. The lowest BCUT2D eigenvalue weighted by atomic mass is 10.1. The van der Waals surface area contributed by atoms with E-state index in [1.54, 1.807) is 37.3 Å². The fourth-order valence-electron chi connectivity index (χ4n) is 2.29. The molecule has 0 saturated carbocycles. The van der Waals surface area contributed by atoms with Crippen LogP contribution in [-0.2, 0) is 9.53 Å². The van der Waals surface area contributed by atoms with Gasteiger partial charge in [0, 0.05) is 10.6 Å². The van der Waals surface area contributed by atoms with Gasteiger partial charge in [0.05, 0.1) is 28.5 Å². The molecule has 1 fully saturated rings. The van der Waals surface area contributed by atoms with Crippen molar-refractivity contribution in [2.75, 3.05) is 6.61 Å². The van der Waals surface area contributed by atoms with Gasteiger partial charge in [-0.15, -0.1) is 0 Å². The molecule has 26 heavy (non-hydrogen) atoms. The maximum atomic E-state index is 12.2. The van der Waals surface area contributed by atoms with Crippen LogP contribution in [0, 0.1) is 0 Å². The third-order valence-electron chi connectivity index (χ3n) is 3.47. The van der Waals surface area contributed by atoms with Gasteiger partial charge < -0.3 is 10.1 Å². The molecule has 0 bridgehead atoms. The lowest BCUT2D eigenvalue weighted by Crippen LogP contribution is -2.17. The van der Waals surface area contributed by atoms with Gasteiger partial charge in [-0.25, -0.2) is 9.78 Å². The fraction of sp³-hybridized carbons (Fsp3) is 0.111. The molecule has 1 aliphatic rings. The Morgan fingerprint density at radius 3 is 2.65 bits per heavy atom. The van der Waals surface area contributed by atoms with Crippen LogP contribution in [0.1, 0.15) is 23.0 Å². The fourth-order valence-corrected chi connectivity index (χ4v) is 3.44. The van der Waals surface area contributed by atoms with Crippen molar-refractivity contribution in [1.29, 1.82) is 0 Å². The first kappa shape index (κ1) is 18.6. The Bertz CT molecular complexity index is 927. The molecule has 132 valence electrons. The molecule has 1 saturated heterocycles. The number of aromatic nitrogens is 1. The van der Waals surface area contributed by atoms with E-state index in [4.69, 9.17) is 28.6 Å². The van der Waals surface area contributed by atoms with Crippen molar-refractivity contribution in [3.63, 3.8) is 0 Å². The van der Waals surface area contributed by atoms with E-state index in [2.05, 4.69) is 10.3 Å². The molecule has 2 aromatic rings. The molecule has 1 aromatic carbocycles. The predicted molar refractivity (Wildman–Crippen MR) is 107 cm³/mol. The largest absolute Gasteiger partial charge is 0.462 e. The van der Waals surface area contributed by atoms with E-state index >= 15 is 0 Å². The van der Waals surface area contributed by atoms with Gasteiger partial charge in [-0.3, -0.25) is 4.79 Å². The third-order valence-corrected chi connectivity index (χ3v) is 4.88. The molecule has 1 N–H and O–H groups in total. The molecule has 0 spiro atoms. The van der Waals surface area contributed by atoms with E-state index in [-0.39, 0.29) is 18.1 Å². The number of nitrogens with zero attached hydrogens (tertiary/aromatic N) is 1. The highest BCUT2D eigenvalue weighted by molar-refractivity contribution is 8.26. The molecule has 0 atom stereocenters. The molecule has 0 aliphatic carbocycles. The molecule has 1 amide bonds. The number of thiocarbonyl (C=S) groups is 1. The predicted octanol–water partition coefficient (Wildman–Crippen LogP) is 4.07. The van der Waals surface area contributed by atoms with Crippen LogP contribution in [0.5, 0.6) is 0 Å². The Kier molecular flexibility index (Phi) is 5.70. The topological polar surface area (TPSA) is 68.3 Å². The minimum absolute atomic E-state index is 0.243. The highest BCUT2D eigenvalue weighted by atomic mass is 35.5. The Hall–Kier alpha value is -2.22. The number of halogens is 1. The number of pyridine rings is 1. The SMILES string of the molecule is CCOC(=O)c1ccc(-c2ccc(Cl)cc2)nc1/C=C1\SC(=S)NC1=O. The van der Waals surface area contributed by atoms with Crippen molar-refractivity contribution >= 4 is 57.9 Å². The molecule has 0 unspecified atom stereocenters. The van der Waals surface area contributed by atoms with Crippen molar-refractivity contribution in [2.45, 2.75) is 6.92 Å². The lowest BCUT2D eigenvalue weighted by Gasteiger charge is -2.08. The van der Waals surface area contributed by atoms with Gasteiger partial charge in [-0.1, -0.05) is 47.7 Å². The van der Waals surface area contributed by atoms with Gasteiger partial charge in [-0.05, 0) is 37.3 Å². The van der Waals surface area contributed by atoms with Crippen LogP contribution in [0.15, 0.2) is 41.3 Å². The standard InChI is InChI=1S/C18H13ClN2O3S2/c1-2-24-17(23)12-7-8-13(10-3-5-11(19)6-4-10)20-14(12)9-15-16(22)21-18(25)26-15/h3-9H,2H2,1H3,(H,21,22,25)/b15-9-. The summed E-state index contributed by atoms with van der Waals surface area (Å²) in [5.41, 5.74) is 2.11. The molecule has 3 rings (SSSR count). The van der Waals surface area contributed by atoms with Gasteiger partial charge in [0.25, 0.3) is 5.91 Å². The first-order valence-corrected chi connectivity index (χ1v) is 9.27. The summed E-state index contributed by atoms with van der Waals surface area (Å²) >= 11 is 12.0. The summed E-state index contributed by atoms with van der Waals surface area (Å²) in [4.78, 5) is 29.1. The van der Waals surface area contributed by atoms with Crippen LogP contribution in [0.3, 0.4) is 0 Å². The lowest BCUT2D eigenvalue weighted by molar-refractivity contribution is -0.115. The maximum Gasteiger partial charge on any atom is 0.340 e. The minimum atomic E-state index is -0.500. The average molecular weight is 405 g/mol. The van der Waals surface area contributed by atoms with Crippen LogP contribution in [-0.4, -0.2) is 27.8 Å². The quantitative estimate of drug-likeness (QED) is 0.470. The zero-order chi connectivity index (χ0) is 18.7. The second-order valence-corrected chi connectivity index (χ2v) is 7.36. The van der Waals surface area contributed by atoms with Gasteiger partial charge >= 0.3 is 5.97 Å². The van der Waals surface area contributed by atoms with Crippen LogP contribution in [0.25, 0.3) is 17.3 Å². The molecule has 1 aromatic heterocycles. The summed E-state index contributed by atoms with van der Waals surface area (Å²) in [6.45, 7) is 1.97. The summed E-state index contributed by atoms with van der Waals surface area (Å²) in [7, 11) is 0. The zero-order valence-electron chi connectivity index (χ0n) is 13.6. The van der Waals surface area contributed by atoms with Crippen LogP contribution >= 0.6 is 35.6 Å². The number of rotatable bonds is 4. The molecule has 2 heterocycles. The summed E-state index contributed by atoms with van der Waals surface area (Å²) in [6.07, 6.45) is 1.55. The van der Waals surface area contributed by atoms with Gasteiger partial charge in [0.2, 0.25) is 0 Å². The summed E-state index contributed by atoms with van der Waals surface area (Å²) in [5, 5.41) is 3.16. The van der Waals surface area contributed by atoms with Crippen LogP contribution in [0.2, 0.25) is 5.02 Å². The van der Waals surface area contributed by atoms with E-state index < -0.39 is 5.97 Å². The van der Waals surface area contributed by atoms with Crippen LogP contribution < -0.4 is 5.32 Å². The van der Waals surface area contributed by atoms with Crippen molar-refractivity contribution in [1.82, 2.24) is 10.3 Å². The summed E-state index contributed by atoms with van der Waals surface area (Å²) in [5.74, 6) is -0.811. The molecule has 5 nitrogen and oxygen atoms in total. The number of ether oxygens (including phenoxy) is 1. The number of hydrogen-bond acceptors (Lipinski definition) is 6. The summed E-state index contributed by atoms with van der Waals surface area (Å²) in [6, 6.07) is 10.5. The number of carbonyl (C=O) groups excluding carboxylic acids is 2. The van der Waals surface area contributed by atoms with E-state index in [1.807, 2.05) is 12.1 Å². The van der Waals surface area contributed by atoms with Crippen molar-refractivity contribution in [3.05, 3.63) is 57.6 Å². The highest BCUT2D eigenvalue weighted by Crippen LogP contribution is 2.28. The maximum absolute atomic E-state index is 12.2. The number of hydrogen-bond donors (Lipinski definition) is 1. The van der Waals surface area contributed by atoms with Gasteiger partial charge in [-0.2, -0.15) is 0 Å². The smallest absolute Gasteiger partial charge is 0.340 e. The van der Waals surface area contributed by atoms with E-state index in [9.17, 15) is 9.59 Å². The van der Waals surface area contributed by atoms with Crippen molar-refractivity contribution in [2.24, 2.45) is 0 Å². The molecule has 8 heteroatoms. The minimum Gasteiger partial charge on any atom is -0.462 e. The van der Waals surface area contributed by atoms with E-state index in [1.165, 1.54) is 0 Å². The number of benzene rings is 1. The Morgan fingerprint density at radius 1 is 1.31 bits per heavy atom. The third kappa shape index (κ3) is 4.12. The molecular weight excluding hydrogens is 392 g/mol. The average Bonchev–Trinajstić information content (AvgIpc) is 2.93.